The summed E-state index contributed by atoms with van der Waals surface area (Å²) in [5.41, 5.74) is 0.144. The summed E-state index contributed by atoms with van der Waals surface area (Å²) in [7, 11) is 0. The number of aromatic amines is 1. The van der Waals surface area contributed by atoms with Gasteiger partial charge < -0.3 is 4.98 Å². The van der Waals surface area contributed by atoms with E-state index in [1.807, 2.05) is 0 Å². The van der Waals surface area contributed by atoms with Gasteiger partial charge in [-0.1, -0.05) is 6.42 Å². The largest absolute Gasteiger partial charge is 0.358 e. The SMILES string of the molecule is Fc1c(F)c(F)c2c(CN3CCCCC3)c[nH]c2c1F. The summed E-state index contributed by atoms with van der Waals surface area (Å²) in [5.74, 6) is -6.23. The van der Waals surface area contributed by atoms with Crippen molar-refractivity contribution in [2.75, 3.05) is 13.1 Å². The Balaban J connectivity index is 2.04. The molecule has 1 aromatic heterocycles. The molecule has 1 fully saturated rings. The minimum atomic E-state index is -1.78. The first kappa shape index (κ1) is 13.4. The molecule has 1 aliphatic heterocycles. The fourth-order valence-electron chi connectivity index (χ4n) is 2.78. The third-order valence-electron chi connectivity index (χ3n) is 3.82. The molecule has 0 unspecified atom stereocenters. The maximum atomic E-state index is 13.9. The maximum Gasteiger partial charge on any atom is 0.199 e. The summed E-state index contributed by atoms with van der Waals surface area (Å²) < 4.78 is 54.0. The third kappa shape index (κ3) is 2.08. The number of rotatable bonds is 2. The standard InChI is InChI=1S/C14H14F4N2/c15-10-9-8(7-20-4-2-1-3-5-20)6-19-14(9)13(18)12(17)11(10)16/h6,19H,1-5,7H2. The Morgan fingerprint density at radius 3 is 2.25 bits per heavy atom. The summed E-state index contributed by atoms with van der Waals surface area (Å²) in [6, 6.07) is 0. The molecule has 0 radical (unpaired) electrons. The summed E-state index contributed by atoms with van der Waals surface area (Å²) in [5, 5.41) is -0.188. The van der Waals surface area contributed by atoms with Gasteiger partial charge in [-0.2, -0.15) is 0 Å². The fraction of sp³-hybridized carbons (Fsp3) is 0.429. The average Bonchev–Trinajstić information content (AvgIpc) is 2.88. The number of aromatic nitrogens is 1. The fourth-order valence-corrected chi connectivity index (χ4v) is 2.78. The molecule has 0 atom stereocenters. The van der Waals surface area contributed by atoms with E-state index in [4.69, 9.17) is 0 Å². The Bertz CT molecular complexity index is 644. The van der Waals surface area contributed by atoms with Gasteiger partial charge in [0.1, 0.15) is 0 Å². The Morgan fingerprint density at radius 1 is 0.900 bits per heavy atom. The minimum absolute atomic E-state index is 0.188. The van der Waals surface area contributed by atoms with Gasteiger partial charge in [0.05, 0.1) is 5.52 Å². The van der Waals surface area contributed by atoms with Crippen LogP contribution in [0.2, 0.25) is 0 Å². The number of nitrogens with one attached hydrogen (secondary N) is 1. The lowest BCUT2D eigenvalue weighted by Gasteiger charge is -2.26. The van der Waals surface area contributed by atoms with Crippen LogP contribution in [-0.2, 0) is 6.54 Å². The second kappa shape index (κ2) is 5.09. The smallest absolute Gasteiger partial charge is 0.199 e. The van der Waals surface area contributed by atoms with E-state index in [1.54, 1.807) is 0 Å². The van der Waals surface area contributed by atoms with E-state index < -0.39 is 23.3 Å². The van der Waals surface area contributed by atoms with Crippen molar-refractivity contribution >= 4 is 10.9 Å². The van der Waals surface area contributed by atoms with E-state index in [2.05, 4.69) is 9.88 Å². The highest BCUT2D eigenvalue weighted by molar-refractivity contribution is 5.84. The minimum Gasteiger partial charge on any atom is -0.358 e. The van der Waals surface area contributed by atoms with Gasteiger partial charge in [0, 0.05) is 18.1 Å². The number of nitrogens with zero attached hydrogens (tertiary/aromatic N) is 1. The number of piperidine rings is 1. The van der Waals surface area contributed by atoms with E-state index in [0.29, 0.717) is 12.1 Å². The van der Waals surface area contributed by atoms with Crippen LogP contribution in [0.5, 0.6) is 0 Å². The quantitative estimate of drug-likeness (QED) is 0.506. The molecular weight excluding hydrogens is 272 g/mol. The summed E-state index contributed by atoms with van der Waals surface area (Å²) >= 11 is 0. The van der Waals surface area contributed by atoms with Crippen molar-refractivity contribution in [3.05, 3.63) is 35.0 Å². The first-order valence-electron chi connectivity index (χ1n) is 6.64. The molecule has 6 heteroatoms. The summed E-state index contributed by atoms with van der Waals surface area (Å²) in [6.07, 6.45) is 4.70. The molecule has 0 amide bonds. The zero-order valence-corrected chi connectivity index (χ0v) is 10.8. The average molecular weight is 286 g/mol. The van der Waals surface area contributed by atoms with Crippen LogP contribution in [0, 0.1) is 23.3 Å². The Kier molecular flexibility index (Phi) is 3.41. The van der Waals surface area contributed by atoms with Crippen molar-refractivity contribution in [3.63, 3.8) is 0 Å². The zero-order valence-electron chi connectivity index (χ0n) is 10.8. The number of hydrogen-bond donors (Lipinski definition) is 1. The molecular formula is C14H14F4N2. The van der Waals surface area contributed by atoms with Crippen molar-refractivity contribution in [2.45, 2.75) is 25.8 Å². The number of hydrogen-bond acceptors (Lipinski definition) is 1. The Labute approximate surface area is 113 Å². The topological polar surface area (TPSA) is 19.0 Å². The van der Waals surface area contributed by atoms with E-state index in [-0.39, 0.29) is 10.9 Å². The predicted molar refractivity (Wildman–Crippen MR) is 67.3 cm³/mol. The first-order valence-corrected chi connectivity index (χ1v) is 6.64. The van der Waals surface area contributed by atoms with Gasteiger partial charge in [-0.25, -0.2) is 17.6 Å². The molecule has 20 heavy (non-hydrogen) atoms. The number of H-pyrrole nitrogens is 1. The van der Waals surface area contributed by atoms with Crippen LogP contribution in [0.15, 0.2) is 6.20 Å². The maximum absolute atomic E-state index is 13.9. The van der Waals surface area contributed by atoms with E-state index in [9.17, 15) is 17.6 Å². The van der Waals surface area contributed by atoms with E-state index >= 15 is 0 Å². The van der Waals surface area contributed by atoms with Crippen LogP contribution in [0.1, 0.15) is 24.8 Å². The second-order valence-corrected chi connectivity index (χ2v) is 5.16. The highest BCUT2D eigenvalue weighted by Gasteiger charge is 2.24. The van der Waals surface area contributed by atoms with Gasteiger partial charge in [-0.05, 0) is 31.5 Å². The molecule has 0 aliphatic carbocycles. The first-order chi connectivity index (χ1) is 9.59. The number of fused-ring (bicyclic) bond motifs is 1. The predicted octanol–water partition coefficient (Wildman–Crippen LogP) is 3.71. The van der Waals surface area contributed by atoms with E-state index in [1.165, 1.54) is 6.20 Å². The molecule has 0 saturated carbocycles. The third-order valence-corrected chi connectivity index (χ3v) is 3.82. The van der Waals surface area contributed by atoms with Crippen LogP contribution in [-0.4, -0.2) is 23.0 Å². The summed E-state index contributed by atoms with van der Waals surface area (Å²) in [6.45, 7) is 2.16. The molecule has 1 aromatic carbocycles. The number of likely N-dealkylation sites (tertiary alicyclic amines) is 1. The normalized spacial score (nSPS) is 17.0. The van der Waals surface area contributed by atoms with Crippen molar-refractivity contribution < 1.29 is 17.6 Å². The van der Waals surface area contributed by atoms with Crippen molar-refractivity contribution in [2.24, 2.45) is 0 Å². The van der Waals surface area contributed by atoms with Crippen LogP contribution in [0.25, 0.3) is 10.9 Å². The van der Waals surface area contributed by atoms with Crippen LogP contribution >= 0.6 is 0 Å². The highest BCUT2D eigenvalue weighted by atomic mass is 19.2. The molecule has 1 N–H and O–H groups in total. The van der Waals surface area contributed by atoms with Gasteiger partial charge >= 0.3 is 0 Å². The van der Waals surface area contributed by atoms with Crippen molar-refractivity contribution in [1.82, 2.24) is 9.88 Å². The lowest BCUT2D eigenvalue weighted by atomic mass is 10.1. The molecule has 2 nitrogen and oxygen atoms in total. The van der Waals surface area contributed by atoms with Crippen LogP contribution < -0.4 is 0 Å². The molecule has 3 rings (SSSR count). The number of benzene rings is 1. The molecule has 108 valence electrons. The van der Waals surface area contributed by atoms with Gasteiger partial charge in [0.15, 0.2) is 23.3 Å². The molecule has 1 aliphatic rings. The molecule has 1 saturated heterocycles. The molecule has 0 bridgehead atoms. The highest BCUT2D eigenvalue weighted by Crippen LogP contribution is 2.30. The number of halogens is 4. The Hall–Kier alpha value is -1.56. The second-order valence-electron chi connectivity index (χ2n) is 5.16. The lowest BCUT2D eigenvalue weighted by Crippen LogP contribution is -2.29. The monoisotopic (exact) mass is 286 g/mol. The van der Waals surface area contributed by atoms with Gasteiger partial charge in [-0.3, -0.25) is 4.90 Å². The van der Waals surface area contributed by atoms with Gasteiger partial charge in [0.2, 0.25) is 0 Å². The van der Waals surface area contributed by atoms with Crippen molar-refractivity contribution in [3.8, 4) is 0 Å². The zero-order chi connectivity index (χ0) is 14.3. The van der Waals surface area contributed by atoms with Crippen LogP contribution in [0.4, 0.5) is 17.6 Å². The molecule has 0 spiro atoms. The summed E-state index contributed by atoms with van der Waals surface area (Å²) in [4.78, 5) is 4.61. The Morgan fingerprint density at radius 2 is 1.55 bits per heavy atom. The molecule has 2 heterocycles. The molecule has 2 aromatic rings. The lowest BCUT2D eigenvalue weighted by molar-refractivity contribution is 0.221. The van der Waals surface area contributed by atoms with Crippen molar-refractivity contribution in [1.29, 1.82) is 0 Å². The van der Waals surface area contributed by atoms with Gasteiger partial charge in [0.25, 0.3) is 0 Å². The van der Waals surface area contributed by atoms with Gasteiger partial charge in [-0.15, -0.1) is 0 Å². The van der Waals surface area contributed by atoms with Crippen LogP contribution in [0.3, 0.4) is 0 Å². The van der Waals surface area contributed by atoms with E-state index in [0.717, 1.165) is 32.4 Å².